The van der Waals surface area contributed by atoms with Crippen LogP contribution in [0, 0.1) is 10.8 Å². The van der Waals surface area contributed by atoms with Crippen molar-refractivity contribution < 1.29 is 9.53 Å². The topological polar surface area (TPSA) is 64.3 Å². The molecule has 1 amide bonds. The highest BCUT2D eigenvalue weighted by Gasteiger charge is 2.46. The average Bonchev–Trinajstić information content (AvgIpc) is 2.98. The van der Waals surface area contributed by atoms with Crippen LogP contribution < -0.4 is 11.1 Å². The van der Waals surface area contributed by atoms with Gasteiger partial charge in [0.2, 0.25) is 5.91 Å². The van der Waals surface area contributed by atoms with Crippen LogP contribution in [-0.4, -0.2) is 31.7 Å². The van der Waals surface area contributed by atoms with Crippen LogP contribution in [0.5, 0.6) is 0 Å². The van der Waals surface area contributed by atoms with E-state index < -0.39 is 5.41 Å². The van der Waals surface area contributed by atoms with E-state index in [2.05, 4.69) is 12.2 Å². The van der Waals surface area contributed by atoms with Crippen molar-refractivity contribution in [1.29, 1.82) is 0 Å². The van der Waals surface area contributed by atoms with Crippen LogP contribution in [-0.2, 0) is 9.53 Å². The van der Waals surface area contributed by atoms with E-state index in [0.29, 0.717) is 18.6 Å². The summed E-state index contributed by atoms with van der Waals surface area (Å²) in [4.78, 5) is 12.1. The van der Waals surface area contributed by atoms with E-state index in [1.807, 2.05) is 6.92 Å². The maximum Gasteiger partial charge on any atom is 0.229 e. The van der Waals surface area contributed by atoms with Gasteiger partial charge in [-0.1, -0.05) is 6.92 Å². The number of nitrogens with two attached hydrogens (primary N) is 1. The van der Waals surface area contributed by atoms with Crippen molar-refractivity contribution in [3.05, 3.63) is 0 Å². The number of carbonyl (C=O) groups excluding carboxylic acids is 1. The van der Waals surface area contributed by atoms with Crippen LogP contribution in [0.25, 0.3) is 0 Å². The molecular weight excluding hydrogens is 204 g/mol. The van der Waals surface area contributed by atoms with E-state index in [4.69, 9.17) is 10.5 Å². The van der Waals surface area contributed by atoms with Crippen molar-refractivity contribution in [3.8, 4) is 0 Å². The molecule has 1 heterocycles. The lowest BCUT2D eigenvalue weighted by Crippen LogP contribution is -2.50. The third-order valence-electron chi connectivity index (χ3n) is 4.37. The molecular formula is C12H22N2O2. The van der Waals surface area contributed by atoms with Gasteiger partial charge in [0.1, 0.15) is 0 Å². The molecule has 0 aromatic heterocycles. The molecule has 1 saturated heterocycles. The van der Waals surface area contributed by atoms with Gasteiger partial charge in [-0.25, -0.2) is 0 Å². The lowest BCUT2D eigenvalue weighted by molar-refractivity contribution is -0.130. The zero-order chi connectivity index (χ0) is 11.8. The second kappa shape index (κ2) is 4.00. The molecule has 2 aliphatic rings. The molecule has 0 radical (unpaired) electrons. The first-order valence-electron chi connectivity index (χ1n) is 6.14. The van der Waals surface area contributed by atoms with Crippen molar-refractivity contribution >= 4 is 5.91 Å². The van der Waals surface area contributed by atoms with Crippen LogP contribution in [0.1, 0.15) is 33.1 Å². The fourth-order valence-electron chi connectivity index (χ4n) is 2.22. The van der Waals surface area contributed by atoms with Crippen LogP contribution >= 0.6 is 0 Å². The van der Waals surface area contributed by atoms with Crippen molar-refractivity contribution in [2.75, 3.05) is 19.8 Å². The minimum Gasteiger partial charge on any atom is -0.379 e. The van der Waals surface area contributed by atoms with Gasteiger partial charge in [-0.3, -0.25) is 4.79 Å². The predicted octanol–water partition coefficient (Wildman–Crippen LogP) is 0.657. The molecule has 1 saturated carbocycles. The molecule has 2 unspecified atom stereocenters. The van der Waals surface area contributed by atoms with E-state index in [-0.39, 0.29) is 11.9 Å². The Morgan fingerprint density at radius 3 is 2.69 bits per heavy atom. The van der Waals surface area contributed by atoms with Gasteiger partial charge in [-0.2, -0.15) is 0 Å². The second-order valence-corrected chi connectivity index (χ2v) is 5.58. The molecule has 4 heteroatoms. The van der Waals surface area contributed by atoms with Crippen LogP contribution in [0.15, 0.2) is 0 Å². The van der Waals surface area contributed by atoms with Gasteiger partial charge in [0.15, 0.2) is 0 Å². The Morgan fingerprint density at radius 1 is 1.56 bits per heavy atom. The summed E-state index contributed by atoms with van der Waals surface area (Å²) in [5, 5.41) is 3.05. The fraction of sp³-hybridized carbons (Fsp3) is 0.917. The molecule has 0 aromatic rings. The number of rotatable bonds is 4. The Labute approximate surface area is 96.9 Å². The molecule has 2 rings (SSSR count). The summed E-state index contributed by atoms with van der Waals surface area (Å²) >= 11 is 0. The summed E-state index contributed by atoms with van der Waals surface area (Å²) in [7, 11) is 0. The quantitative estimate of drug-likeness (QED) is 0.740. The summed E-state index contributed by atoms with van der Waals surface area (Å²) in [6.07, 6.45) is 3.62. The Balaban J connectivity index is 1.88. The van der Waals surface area contributed by atoms with E-state index in [1.165, 1.54) is 12.8 Å². The van der Waals surface area contributed by atoms with Crippen molar-refractivity contribution in [2.24, 2.45) is 16.6 Å². The van der Waals surface area contributed by atoms with Crippen LogP contribution in [0.4, 0.5) is 0 Å². The lowest BCUT2D eigenvalue weighted by Gasteiger charge is -2.26. The van der Waals surface area contributed by atoms with Crippen molar-refractivity contribution in [1.82, 2.24) is 5.32 Å². The van der Waals surface area contributed by atoms with E-state index >= 15 is 0 Å². The Hall–Kier alpha value is -0.610. The van der Waals surface area contributed by atoms with E-state index in [0.717, 1.165) is 13.0 Å². The highest BCUT2D eigenvalue weighted by molar-refractivity contribution is 5.83. The zero-order valence-corrected chi connectivity index (χ0v) is 10.2. The summed E-state index contributed by atoms with van der Waals surface area (Å²) < 4.78 is 5.28. The summed E-state index contributed by atoms with van der Waals surface area (Å²) in [6.45, 7) is 5.81. The molecule has 1 aliphatic heterocycles. The number of carbonyl (C=O) groups is 1. The van der Waals surface area contributed by atoms with Gasteiger partial charge in [0, 0.05) is 12.6 Å². The van der Waals surface area contributed by atoms with Gasteiger partial charge < -0.3 is 15.8 Å². The molecule has 3 N–H and O–H groups in total. The Morgan fingerprint density at radius 2 is 2.25 bits per heavy atom. The normalized spacial score (nSPS) is 36.1. The third kappa shape index (κ3) is 1.96. The Bertz CT molecular complexity index is 289. The number of hydrogen-bond donors (Lipinski definition) is 2. The molecule has 0 spiro atoms. The maximum absolute atomic E-state index is 12.1. The first-order valence-corrected chi connectivity index (χ1v) is 6.14. The molecule has 1 aliphatic carbocycles. The maximum atomic E-state index is 12.1. The number of ether oxygens (including phenoxy) is 1. The fourth-order valence-corrected chi connectivity index (χ4v) is 2.22. The summed E-state index contributed by atoms with van der Waals surface area (Å²) in [5.74, 6) is 0.0530. The molecule has 4 nitrogen and oxygen atoms in total. The molecule has 0 aromatic carbocycles. The summed E-state index contributed by atoms with van der Waals surface area (Å²) in [5.41, 5.74) is 5.76. The highest BCUT2D eigenvalue weighted by Crippen LogP contribution is 2.48. The largest absolute Gasteiger partial charge is 0.379 e. The van der Waals surface area contributed by atoms with E-state index in [9.17, 15) is 4.79 Å². The zero-order valence-electron chi connectivity index (χ0n) is 10.2. The predicted molar refractivity (Wildman–Crippen MR) is 61.9 cm³/mol. The van der Waals surface area contributed by atoms with Crippen molar-refractivity contribution in [2.45, 2.75) is 39.2 Å². The van der Waals surface area contributed by atoms with E-state index in [1.54, 1.807) is 0 Å². The average molecular weight is 226 g/mol. The smallest absolute Gasteiger partial charge is 0.229 e. The van der Waals surface area contributed by atoms with Gasteiger partial charge in [0.05, 0.1) is 18.6 Å². The van der Waals surface area contributed by atoms with Crippen molar-refractivity contribution in [3.63, 3.8) is 0 Å². The molecule has 0 bridgehead atoms. The van der Waals surface area contributed by atoms with Gasteiger partial charge in [-0.15, -0.1) is 0 Å². The Kier molecular flexibility index (Phi) is 2.97. The number of nitrogens with one attached hydrogen (secondary N) is 1. The molecule has 2 atom stereocenters. The lowest BCUT2D eigenvalue weighted by atomic mass is 9.84. The molecule has 16 heavy (non-hydrogen) atoms. The highest BCUT2D eigenvalue weighted by atomic mass is 16.5. The first-order chi connectivity index (χ1) is 7.52. The second-order valence-electron chi connectivity index (χ2n) is 5.58. The standard InChI is InChI=1S/C12H22N2O2/c1-3-12(4-5-12)7-14-10(15)11(2)8-16-6-9(11)13/h9H,3-8,13H2,1-2H3,(H,14,15). The van der Waals surface area contributed by atoms with Gasteiger partial charge >= 0.3 is 0 Å². The summed E-state index contributed by atoms with van der Waals surface area (Å²) in [6, 6.07) is -0.177. The van der Waals surface area contributed by atoms with Crippen LogP contribution in [0.2, 0.25) is 0 Å². The van der Waals surface area contributed by atoms with Gasteiger partial charge in [-0.05, 0) is 31.6 Å². The SMILES string of the molecule is CCC1(CNC(=O)C2(C)COCC2N)CC1. The first kappa shape index (κ1) is 11.9. The third-order valence-corrected chi connectivity index (χ3v) is 4.37. The van der Waals surface area contributed by atoms with Crippen LogP contribution in [0.3, 0.4) is 0 Å². The van der Waals surface area contributed by atoms with Gasteiger partial charge in [0.25, 0.3) is 0 Å². The molecule has 92 valence electrons. The number of amides is 1. The minimum atomic E-state index is -0.538. The minimum absolute atomic E-state index is 0.0530. The monoisotopic (exact) mass is 226 g/mol. The number of hydrogen-bond acceptors (Lipinski definition) is 3. The molecule has 2 fully saturated rings.